The lowest BCUT2D eigenvalue weighted by Crippen LogP contribution is -2.50. The quantitative estimate of drug-likeness (QED) is 0.801. The van der Waals surface area contributed by atoms with Crippen molar-refractivity contribution < 1.29 is 24.6 Å². The van der Waals surface area contributed by atoms with Crippen LogP contribution < -0.4 is 0 Å². The van der Waals surface area contributed by atoms with Crippen molar-refractivity contribution in [3.8, 4) is 0 Å². The number of carbonyl (C=O) groups excluding carboxylic acids is 1. The van der Waals surface area contributed by atoms with Crippen molar-refractivity contribution in [2.75, 3.05) is 20.1 Å². The summed E-state index contributed by atoms with van der Waals surface area (Å²) in [4.78, 5) is 36.2. The summed E-state index contributed by atoms with van der Waals surface area (Å²) in [6.45, 7) is 3.17. The summed E-state index contributed by atoms with van der Waals surface area (Å²) in [7, 11) is 1.61. The van der Waals surface area contributed by atoms with Gasteiger partial charge in [0.15, 0.2) is 0 Å². The second kappa shape index (κ2) is 6.78. The van der Waals surface area contributed by atoms with Gasteiger partial charge in [0, 0.05) is 13.1 Å². The fraction of sp³-hybridized carbons (Fsp3) is 0.786. The van der Waals surface area contributed by atoms with Crippen LogP contribution in [0.25, 0.3) is 0 Å². The summed E-state index contributed by atoms with van der Waals surface area (Å²) in [5.74, 6) is -2.44. The van der Waals surface area contributed by atoms with Gasteiger partial charge in [0.1, 0.15) is 13.1 Å². The van der Waals surface area contributed by atoms with Crippen LogP contribution in [-0.4, -0.2) is 64.2 Å². The fourth-order valence-corrected chi connectivity index (χ4v) is 2.67. The van der Waals surface area contributed by atoms with Crippen LogP contribution in [0, 0.1) is 5.41 Å². The highest BCUT2D eigenvalue weighted by atomic mass is 16.4. The van der Waals surface area contributed by atoms with E-state index in [4.69, 9.17) is 10.2 Å². The van der Waals surface area contributed by atoms with E-state index in [1.165, 1.54) is 4.90 Å². The molecular weight excluding hydrogens is 276 g/mol. The largest absolute Gasteiger partial charge is 0.480 e. The molecule has 1 aliphatic rings. The van der Waals surface area contributed by atoms with Crippen molar-refractivity contribution in [1.82, 2.24) is 9.80 Å². The van der Waals surface area contributed by atoms with Crippen molar-refractivity contribution in [2.45, 2.75) is 45.6 Å². The molecule has 0 atom stereocenters. The van der Waals surface area contributed by atoms with E-state index >= 15 is 0 Å². The molecule has 0 saturated heterocycles. The van der Waals surface area contributed by atoms with E-state index in [-0.39, 0.29) is 11.5 Å². The topological polar surface area (TPSA) is 98.2 Å². The first-order valence-electron chi connectivity index (χ1n) is 7.08. The summed E-state index contributed by atoms with van der Waals surface area (Å²) in [5.41, 5.74) is 0.266. The molecule has 0 aromatic heterocycles. The number of aliphatic carboxylic acids is 2. The van der Waals surface area contributed by atoms with Gasteiger partial charge in [-0.1, -0.05) is 13.8 Å². The predicted octanol–water partition coefficient (Wildman–Crippen LogP) is 1.48. The zero-order chi connectivity index (χ0) is 16.2. The Hall–Kier alpha value is -1.79. The molecule has 2 N–H and O–H groups in total. The maximum atomic E-state index is 12.3. The van der Waals surface area contributed by atoms with Crippen LogP contribution in [0.5, 0.6) is 0 Å². The van der Waals surface area contributed by atoms with Crippen LogP contribution in [0.2, 0.25) is 0 Å². The van der Waals surface area contributed by atoms with Gasteiger partial charge >= 0.3 is 18.0 Å². The first-order chi connectivity index (χ1) is 9.62. The van der Waals surface area contributed by atoms with E-state index in [1.807, 2.05) is 0 Å². The number of nitrogens with zero attached hydrogens (tertiary/aromatic N) is 2. The second-order valence-electron chi connectivity index (χ2n) is 6.43. The molecule has 0 bridgehead atoms. The van der Waals surface area contributed by atoms with Crippen LogP contribution in [0.3, 0.4) is 0 Å². The maximum absolute atomic E-state index is 12.3. The summed E-state index contributed by atoms with van der Waals surface area (Å²) >= 11 is 0. The minimum Gasteiger partial charge on any atom is -0.480 e. The van der Waals surface area contributed by atoms with Gasteiger partial charge in [0.05, 0.1) is 0 Å². The Morgan fingerprint density at radius 1 is 1.05 bits per heavy atom. The van der Waals surface area contributed by atoms with Gasteiger partial charge in [-0.25, -0.2) is 4.79 Å². The Morgan fingerprint density at radius 2 is 1.48 bits per heavy atom. The van der Waals surface area contributed by atoms with Crippen LogP contribution in [0.1, 0.15) is 39.5 Å². The number of carbonyl (C=O) groups is 3. The van der Waals surface area contributed by atoms with Crippen molar-refractivity contribution in [1.29, 1.82) is 0 Å². The SMILES string of the molecule is CN(C(=O)N(CC(=O)O)CC(=O)O)C1CCC(C)(C)CC1. The minimum atomic E-state index is -1.22. The molecule has 2 amide bonds. The Balaban J connectivity index is 2.69. The van der Waals surface area contributed by atoms with Crippen molar-refractivity contribution in [2.24, 2.45) is 5.41 Å². The third-order valence-electron chi connectivity index (χ3n) is 4.08. The van der Waals surface area contributed by atoms with Crippen molar-refractivity contribution in [3.05, 3.63) is 0 Å². The number of hydrogen-bond donors (Lipinski definition) is 2. The van der Waals surface area contributed by atoms with Gasteiger partial charge in [0.2, 0.25) is 0 Å². The van der Waals surface area contributed by atoms with Gasteiger partial charge < -0.3 is 20.0 Å². The van der Waals surface area contributed by atoms with Crippen LogP contribution >= 0.6 is 0 Å². The Kier molecular flexibility index (Phi) is 5.57. The zero-order valence-corrected chi connectivity index (χ0v) is 12.8. The molecule has 0 aromatic carbocycles. The second-order valence-corrected chi connectivity index (χ2v) is 6.43. The maximum Gasteiger partial charge on any atom is 0.323 e. The Bertz CT molecular complexity index is 396. The average molecular weight is 300 g/mol. The highest BCUT2D eigenvalue weighted by molar-refractivity contribution is 5.84. The molecule has 0 spiro atoms. The first-order valence-corrected chi connectivity index (χ1v) is 7.08. The molecular formula is C14H24N2O5. The highest BCUT2D eigenvalue weighted by Crippen LogP contribution is 2.36. The summed E-state index contributed by atoms with van der Waals surface area (Å²) in [5, 5.41) is 17.6. The molecule has 1 saturated carbocycles. The van der Waals surface area contributed by atoms with Gasteiger partial charge in [0.25, 0.3) is 0 Å². The lowest BCUT2D eigenvalue weighted by molar-refractivity contribution is -0.140. The molecule has 7 heteroatoms. The van der Waals surface area contributed by atoms with E-state index in [1.54, 1.807) is 7.05 Å². The molecule has 0 radical (unpaired) electrons. The van der Waals surface area contributed by atoms with Crippen LogP contribution in [-0.2, 0) is 9.59 Å². The third kappa shape index (κ3) is 5.24. The van der Waals surface area contributed by atoms with Crippen LogP contribution in [0.15, 0.2) is 0 Å². The molecule has 7 nitrogen and oxygen atoms in total. The molecule has 0 heterocycles. The average Bonchev–Trinajstić information content (AvgIpc) is 2.35. The molecule has 0 aromatic rings. The first kappa shape index (κ1) is 17.3. The van der Waals surface area contributed by atoms with E-state index in [0.29, 0.717) is 0 Å². The lowest BCUT2D eigenvalue weighted by atomic mass is 9.75. The number of hydrogen-bond acceptors (Lipinski definition) is 3. The standard InChI is InChI=1S/C14H24N2O5/c1-14(2)6-4-10(5-7-14)15(3)13(21)16(8-11(17)18)9-12(19)20/h10H,4-9H2,1-3H3,(H,17,18)(H,19,20). The van der Waals surface area contributed by atoms with Crippen molar-refractivity contribution in [3.63, 3.8) is 0 Å². The Labute approximate surface area is 124 Å². The van der Waals surface area contributed by atoms with Crippen molar-refractivity contribution >= 4 is 18.0 Å². The number of carboxylic acids is 2. The Morgan fingerprint density at radius 3 is 1.86 bits per heavy atom. The zero-order valence-electron chi connectivity index (χ0n) is 12.8. The molecule has 1 aliphatic carbocycles. The summed E-state index contributed by atoms with van der Waals surface area (Å²) in [6, 6.07) is -0.500. The van der Waals surface area contributed by atoms with E-state index < -0.39 is 31.1 Å². The lowest BCUT2D eigenvalue weighted by Gasteiger charge is -2.39. The smallest absolute Gasteiger partial charge is 0.323 e. The van der Waals surface area contributed by atoms with Gasteiger partial charge in [-0.15, -0.1) is 0 Å². The van der Waals surface area contributed by atoms with E-state index in [2.05, 4.69) is 13.8 Å². The number of urea groups is 1. The number of carboxylic acid groups (broad SMARTS) is 2. The monoisotopic (exact) mass is 300 g/mol. The van der Waals surface area contributed by atoms with Gasteiger partial charge in [-0.2, -0.15) is 0 Å². The molecule has 21 heavy (non-hydrogen) atoms. The fourth-order valence-electron chi connectivity index (χ4n) is 2.67. The molecule has 1 rings (SSSR count). The van der Waals surface area contributed by atoms with Gasteiger partial charge in [-0.05, 0) is 31.1 Å². The van der Waals surface area contributed by atoms with Crippen LogP contribution in [0.4, 0.5) is 4.79 Å². The summed E-state index contributed by atoms with van der Waals surface area (Å²) < 4.78 is 0. The molecule has 0 aliphatic heterocycles. The number of rotatable bonds is 5. The minimum absolute atomic E-state index is 0.0376. The highest BCUT2D eigenvalue weighted by Gasteiger charge is 2.32. The normalized spacial score (nSPS) is 18.0. The molecule has 0 unspecified atom stereocenters. The predicted molar refractivity (Wildman–Crippen MR) is 76.0 cm³/mol. The molecule has 120 valence electrons. The van der Waals surface area contributed by atoms with Gasteiger partial charge in [-0.3, -0.25) is 9.59 Å². The van der Waals surface area contributed by atoms with E-state index in [0.717, 1.165) is 30.6 Å². The third-order valence-corrected chi connectivity index (χ3v) is 4.08. The van der Waals surface area contributed by atoms with E-state index in [9.17, 15) is 14.4 Å². The number of amides is 2. The summed E-state index contributed by atoms with van der Waals surface area (Å²) in [6.07, 6.45) is 3.69. The molecule has 1 fully saturated rings.